The van der Waals surface area contributed by atoms with Crippen LogP contribution in [0.3, 0.4) is 0 Å². The average Bonchev–Trinajstić information content (AvgIpc) is 3.02. The van der Waals surface area contributed by atoms with E-state index in [-0.39, 0.29) is 0 Å². The molecule has 0 atom stereocenters. The fourth-order valence-electron chi connectivity index (χ4n) is 2.36. The van der Waals surface area contributed by atoms with Crippen molar-refractivity contribution in [1.82, 2.24) is 9.78 Å². The number of hydrogen-bond acceptors (Lipinski definition) is 2. The van der Waals surface area contributed by atoms with Crippen LogP contribution in [0.4, 0.5) is 4.39 Å². The monoisotopic (exact) mass is 252 g/mol. The Balaban J connectivity index is 2.15. The zero-order valence-electron chi connectivity index (χ0n) is 9.88. The largest absolute Gasteiger partial charge is 0.454 e. The highest BCUT2D eigenvalue weighted by Gasteiger charge is 2.13. The Bertz CT molecular complexity index is 891. The third-order valence-corrected chi connectivity index (χ3v) is 3.21. The normalized spacial score (nSPS) is 11.4. The maximum absolute atomic E-state index is 13.7. The van der Waals surface area contributed by atoms with E-state index in [2.05, 4.69) is 5.10 Å². The van der Waals surface area contributed by atoms with E-state index < -0.39 is 5.95 Å². The topological polar surface area (TPSA) is 31.0 Å². The molecule has 0 N–H and O–H groups in total. The fraction of sp³-hybridized carbons (Fsp3) is 0. The molecule has 19 heavy (non-hydrogen) atoms. The second-order valence-electron chi connectivity index (χ2n) is 4.32. The molecule has 0 aliphatic carbocycles. The first-order valence-corrected chi connectivity index (χ1v) is 5.95. The molecular weight excluding hydrogens is 243 g/mol. The summed E-state index contributed by atoms with van der Waals surface area (Å²) in [6, 6.07) is 14.7. The molecule has 92 valence electrons. The summed E-state index contributed by atoms with van der Waals surface area (Å²) in [4.78, 5) is 0. The van der Waals surface area contributed by atoms with Crippen LogP contribution in [0, 0.1) is 5.95 Å². The summed E-state index contributed by atoms with van der Waals surface area (Å²) in [6.45, 7) is 0. The smallest absolute Gasteiger partial charge is 0.216 e. The van der Waals surface area contributed by atoms with Crippen LogP contribution in [-0.2, 0) is 0 Å². The van der Waals surface area contributed by atoms with Crippen LogP contribution in [0.15, 0.2) is 59.1 Å². The van der Waals surface area contributed by atoms with Gasteiger partial charge in [0.1, 0.15) is 11.3 Å². The summed E-state index contributed by atoms with van der Waals surface area (Å²) in [6.07, 6.45) is 1.43. The Kier molecular flexibility index (Phi) is 2.00. The van der Waals surface area contributed by atoms with Crippen molar-refractivity contribution in [2.75, 3.05) is 0 Å². The fourth-order valence-corrected chi connectivity index (χ4v) is 2.36. The van der Waals surface area contributed by atoms with Gasteiger partial charge < -0.3 is 4.42 Å². The molecule has 3 nitrogen and oxygen atoms in total. The number of rotatable bonds is 1. The lowest BCUT2D eigenvalue weighted by atomic mass is 10.1. The first kappa shape index (κ1) is 10.3. The molecule has 0 saturated heterocycles. The minimum atomic E-state index is -0.409. The van der Waals surface area contributed by atoms with Gasteiger partial charge in [0.05, 0.1) is 6.20 Å². The predicted octanol–water partition coefficient (Wildman–Crippen LogP) is 3.91. The second kappa shape index (κ2) is 3.68. The number of aromatic nitrogens is 2. The van der Waals surface area contributed by atoms with Gasteiger partial charge in [-0.15, -0.1) is 0 Å². The highest BCUT2D eigenvalue weighted by atomic mass is 19.1. The van der Waals surface area contributed by atoms with Crippen LogP contribution >= 0.6 is 0 Å². The van der Waals surface area contributed by atoms with Crippen molar-refractivity contribution in [3.8, 4) is 5.69 Å². The molecule has 4 heteroatoms. The van der Waals surface area contributed by atoms with Crippen molar-refractivity contribution in [2.45, 2.75) is 0 Å². The quantitative estimate of drug-likeness (QED) is 0.514. The van der Waals surface area contributed by atoms with Gasteiger partial charge in [-0.25, -0.2) is 4.68 Å². The van der Waals surface area contributed by atoms with E-state index in [0.717, 1.165) is 16.4 Å². The first-order valence-electron chi connectivity index (χ1n) is 5.95. The van der Waals surface area contributed by atoms with E-state index in [4.69, 9.17) is 4.42 Å². The van der Waals surface area contributed by atoms with E-state index in [1.165, 1.54) is 16.9 Å². The summed E-state index contributed by atoms with van der Waals surface area (Å²) >= 11 is 0. The summed E-state index contributed by atoms with van der Waals surface area (Å²) in [5.74, 6) is -0.409. The molecular formula is C15H9FN2O. The van der Waals surface area contributed by atoms with Gasteiger partial charge in [-0.1, -0.05) is 30.3 Å². The van der Waals surface area contributed by atoms with Crippen molar-refractivity contribution in [2.24, 2.45) is 0 Å². The maximum atomic E-state index is 13.7. The van der Waals surface area contributed by atoms with Gasteiger partial charge in [-0.05, 0) is 12.1 Å². The Morgan fingerprint density at radius 1 is 0.947 bits per heavy atom. The van der Waals surface area contributed by atoms with Gasteiger partial charge in [0.2, 0.25) is 5.95 Å². The Morgan fingerprint density at radius 3 is 2.63 bits per heavy atom. The number of benzene rings is 2. The third-order valence-electron chi connectivity index (χ3n) is 3.21. The number of nitrogens with zero attached hydrogens (tertiary/aromatic N) is 2. The molecule has 0 radical (unpaired) electrons. The van der Waals surface area contributed by atoms with Crippen LogP contribution < -0.4 is 0 Å². The number of furan rings is 1. The molecule has 0 aliphatic heterocycles. The molecule has 0 saturated carbocycles. The van der Waals surface area contributed by atoms with Gasteiger partial charge in [0, 0.05) is 16.8 Å². The molecule has 0 unspecified atom stereocenters. The Labute approximate surface area is 107 Å². The minimum Gasteiger partial charge on any atom is -0.454 e. The summed E-state index contributed by atoms with van der Waals surface area (Å²) in [7, 11) is 0. The van der Waals surface area contributed by atoms with E-state index in [0.29, 0.717) is 11.3 Å². The van der Waals surface area contributed by atoms with Gasteiger partial charge in [-0.2, -0.15) is 9.49 Å². The van der Waals surface area contributed by atoms with Crippen LogP contribution in [0.25, 0.3) is 27.6 Å². The summed E-state index contributed by atoms with van der Waals surface area (Å²) in [5, 5.41) is 5.97. The molecule has 0 spiro atoms. The SMILES string of the molecule is Fc1ccnn1-c1cccc2c1oc1ccccc12. The molecule has 4 aromatic rings. The lowest BCUT2D eigenvalue weighted by Crippen LogP contribution is -1.99. The van der Waals surface area contributed by atoms with Gasteiger partial charge in [-0.3, -0.25) is 0 Å². The minimum absolute atomic E-state index is 0.409. The van der Waals surface area contributed by atoms with Gasteiger partial charge in [0.15, 0.2) is 5.58 Å². The molecule has 0 amide bonds. The van der Waals surface area contributed by atoms with E-state index in [1.807, 2.05) is 36.4 Å². The zero-order valence-corrected chi connectivity index (χ0v) is 9.88. The average molecular weight is 252 g/mol. The highest BCUT2D eigenvalue weighted by molar-refractivity contribution is 6.07. The van der Waals surface area contributed by atoms with Crippen molar-refractivity contribution in [3.05, 3.63) is 60.7 Å². The van der Waals surface area contributed by atoms with E-state index in [9.17, 15) is 4.39 Å². The highest BCUT2D eigenvalue weighted by Crippen LogP contribution is 2.32. The zero-order chi connectivity index (χ0) is 12.8. The lowest BCUT2D eigenvalue weighted by Gasteiger charge is -2.02. The van der Waals surface area contributed by atoms with Crippen molar-refractivity contribution < 1.29 is 8.81 Å². The van der Waals surface area contributed by atoms with E-state index in [1.54, 1.807) is 6.07 Å². The Hall–Kier alpha value is -2.62. The molecule has 0 fully saturated rings. The van der Waals surface area contributed by atoms with Gasteiger partial charge >= 0.3 is 0 Å². The van der Waals surface area contributed by atoms with Crippen LogP contribution in [0.2, 0.25) is 0 Å². The number of hydrogen-bond donors (Lipinski definition) is 0. The molecule has 0 bridgehead atoms. The summed E-state index contributed by atoms with van der Waals surface area (Å²) < 4.78 is 20.8. The molecule has 4 rings (SSSR count). The van der Waals surface area contributed by atoms with Crippen molar-refractivity contribution >= 4 is 21.9 Å². The maximum Gasteiger partial charge on any atom is 0.216 e. The van der Waals surface area contributed by atoms with E-state index >= 15 is 0 Å². The number of fused-ring (bicyclic) bond motifs is 3. The predicted molar refractivity (Wildman–Crippen MR) is 70.8 cm³/mol. The summed E-state index contributed by atoms with van der Waals surface area (Å²) in [5.41, 5.74) is 2.04. The first-order chi connectivity index (χ1) is 9.34. The number of para-hydroxylation sites is 2. The molecule has 2 heterocycles. The molecule has 2 aromatic heterocycles. The molecule has 2 aromatic carbocycles. The van der Waals surface area contributed by atoms with Crippen molar-refractivity contribution in [1.29, 1.82) is 0 Å². The standard InChI is InChI=1S/C15H9FN2O/c16-14-8-9-17-18(14)12-6-3-5-11-10-4-1-2-7-13(10)19-15(11)12/h1-9H. The van der Waals surface area contributed by atoms with Crippen LogP contribution in [0.1, 0.15) is 0 Å². The third kappa shape index (κ3) is 1.40. The van der Waals surface area contributed by atoms with Crippen molar-refractivity contribution in [3.63, 3.8) is 0 Å². The van der Waals surface area contributed by atoms with Gasteiger partial charge in [0.25, 0.3) is 0 Å². The number of halogens is 1. The van der Waals surface area contributed by atoms with Crippen LogP contribution in [0.5, 0.6) is 0 Å². The Morgan fingerprint density at radius 2 is 1.79 bits per heavy atom. The lowest BCUT2D eigenvalue weighted by molar-refractivity contribution is 0.534. The second-order valence-corrected chi connectivity index (χ2v) is 4.32. The molecule has 0 aliphatic rings. The van der Waals surface area contributed by atoms with Crippen LogP contribution in [-0.4, -0.2) is 9.78 Å².